The number of aromatic nitrogens is 1. The first-order chi connectivity index (χ1) is 9.90. The Morgan fingerprint density at radius 2 is 2.00 bits per heavy atom. The Balaban J connectivity index is 1.89. The van der Waals surface area contributed by atoms with Crippen molar-refractivity contribution in [2.45, 2.75) is 12.0 Å². The van der Waals surface area contributed by atoms with Gasteiger partial charge in [-0.3, -0.25) is 9.59 Å². The SMILES string of the molecule is O=C(c1cc(=O)c2ccccc2[nH]1)N1CC(O)(C(F)F)C1. The molecule has 1 aliphatic rings. The number of aliphatic hydroxyl groups is 1. The molecule has 0 unspecified atom stereocenters. The van der Waals surface area contributed by atoms with E-state index in [-0.39, 0.29) is 11.1 Å². The van der Waals surface area contributed by atoms with Crippen molar-refractivity contribution in [1.29, 1.82) is 0 Å². The number of alkyl halides is 2. The van der Waals surface area contributed by atoms with Gasteiger partial charge < -0.3 is 15.0 Å². The fourth-order valence-corrected chi connectivity index (χ4v) is 2.38. The summed E-state index contributed by atoms with van der Waals surface area (Å²) in [5, 5.41) is 9.91. The molecule has 2 N–H and O–H groups in total. The third-order valence-electron chi connectivity index (χ3n) is 3.59. The van der Waals surface area contributed by atoms with Crippen LogP contribution in [-0.4, -0.2) is 46.0 Å². The Labute approximate surface area is 117 Å². The maximum Gasteiger partial charge on any atom is 0.270 e. The van der Waals surface area contributed by atoms with Gasteiger partial charge in [-0.2, -0.15) is 0 Å². The summed E-state index contributed by atoms with van der Waals surface area (Å²) in [7, 11) is 0. The van der Waals surface area contributed by atoms with Crippen LogP contribution in [0.5, 0.6) is 0 Å². The monoisotopic (exact) mass is 294 g/mol. The van der Waals surface area contributed by atoms with Gasteiger partial charge in [0.05, 0.1) is 13.1 Å². The molecule has 21 heavy (non-hydrogen) atoms. The summed E-state index contributed by atoms with van der Waals surface area (Å²) in [6.45, 7) is -0.892. The molecule has 1 amide bonds. The number of nitrogens with one attached hydrogen (secondary N) is 1. The molecule has 7 heteroatoms. The predicted molar refractivity (Wildman–Crippen MR) is 71.4 cm³/mol. The maximum absolute atomic E-state index is 12.5. The minimum absolute atomic E-state index is 0.0232. The van der Waals surface area contributed by atoms with Gasteiger partial charge in [-0.25, -0.2) is 8.78 Å². The lowest BCUT2D eigenvalue weighted by molar-refractivity contribution is -0.166. The van der Waals surface area contributed by atoms with E-state index in [4.69, 9.17) is 0 Å². The molecular weight excluding hydrogens is 282 g/mol. The number of carbonyl (C=O) groups is 1. The van der Waals surface area contributed by atoms with E-state index >= 15 is 0 Å². The van der Waals surface area contributed by atoms with Gasteiger partial charge in [0, 0.05) is 17.0 Å². The fourth-order valence-electron chi connectivity index (χ4n) is 2.38. The number of likely N-dealkylation sites (tertiary alicyclic amines) is 1. The zero-order valence-corrected chi connectivity index (χ0v) is 10.8. The molecule has 1 saturated heterocycles. The van der Waals surface area contributed by atoms with Crippen LogP contribution < -0.4 is 5.43 Å². The molecule has 0 atom stereocenters. The van der Waals surface area contributed by atoms with Gasteiger partial charge in [0.25, 0.3) is 12.3 Å². The Morgan fingerprint density at radius 3 is 2.67 bits per heavy atom. The van der Waals surface area contributed by atoms with Crippen molar-refractivity contribution in [2.75, 3.05) is 13.1 Å². The highest BCUT2D eigenvalue weighted by molar-refractivity contribution is 5.95. The number of benzene rings is 1. The minimum Gasteiger partial charge on any atom is -0.380 e. The first-order valence-corrected chi connectivity index (χ1v) is 6.32. The van der Waals surface area contributed by atoms with Crippen LogP contribution in [0.4, 0.5) is 8.78 Å². The molecule has 0 radical (unpaired) electrons. The molecule has 110 valence electrons. The minimum atomic E-state index is -2.91. The van der Waals surface area contributed by atoms with E-state index in [2.05, 4.69) is 4.98 Å². The van der Waals surface area contributed by atoms with Crippen LogP contribution in [0.25, 0.3) is 10.9 Å². The molecule has 1 aliphatic heterocycles. The van der Waals surface area contributed by atoms with E-state index in [1.54, 1.807) is 24.3 Å². The molecule has 0 spiro atoms. The van der Waals surface area contributed by atoms with Crippen molar-refractivity contribution in [2.24, 2.45) is 0 Å². The van der Waals surface area contributed by atoms with Crippen LogP contribution in [0.15, 0.2) is 35.1 Å². The predicted octanol–water partition coefficient (Wildman–Crippen LogP) is 0.980. The van der Waals surface area contributed by atoms with Crippen molar-refractivity contribution in [3.05, 3.63) is 46.2 Å². The van der Waals surface area contributed by atoms with Crippen molar-refractivity contribution in [1.82, 2.24) is 9.88 Å². The molecule has 5 nitrogen and oxygen atoms in total. The van der Waals surface area contributed by atoms with Gasteiger partial charge >= 0.3 is 0 Å². The number of para-hydroxylation sites is 1. The quantitative estimate of drug-likeness (QED) is 0.867. The molecule has 0 saturated carbocycles. The Hall–Kier alpha value is -2.28. The topological polar surface area (TPSA) is 73.4 Å². The van der Waals surface area contributed by atoms with Crippen LogP contribution in [0, 0.1) is 0 Å². The number of β-amino-alcohol motifs (C(OH)–C–C–N with tert-alkyl or cyclic N) is 1. The molecular formula is C14H12F2N2O3. The van der Waals surface area contributed by atoms with Gasteiger partial charge in [-0.15, -0.1) is 0 Å². The number of fused-ring (bicyclic) bond motifs is 1. The zero-order chi connectivity index (χ0) is 15.2. The van der Waals surface area contributed by atoms with Crippen molar-refractivity contribution < 1.29 is 18.7 Å². The van der Waals surface area contributed by atoms with E-state index in [1.165, 1.54) is 0 Å². The molecule has 3 rings (SSSR count). The van der Waals surface area contributed by atoms with Crippen molar-refractivity contribution >= 4 is 16.8 Å². The van der Waals surface area contributed by atoms with E-state index in [9.17, 15) is 23.5 Å². The van der Waals surface area contributed by atoms with Crippen molar-refractivity contribution in [3.8, 4) is 0 Å². The second-order valence-corrected chi connectivity index (χ2v) is 5.16. The number of amides is 1. The highest BCUT2D eigenvalue weighted by atomic mass is 19.3. The number of nitrogens with zero attached hydrogens (tertiary/aromatic N) is 1. The molecule has 1 aromatic heterocycles. The summed E-state index contributed by atoms with van der Waals surface area (Å²) in [6, 6.07) is 7.84. The third kappa shape index (κ3) is 2.19. The lowest BCUT2D eigenvalue weighted by Gasteiger charge is -2.45. The van der Waals surface area contributed by atoms with Gasteiger partial charge in [0.2, 0.25) is 0 Å². The first kappa shape index (κ1) is 13.7. The Bertz CT molecular complexity index is 766. The lowest BCUT2D eigenvalue weighted by Crippen LogP contribution is -2.67. The number of H-pyrrole nitrogens is 1. The summed E-state index contributed by atoms with van der Waals surface area (Å²) in [6.07, 6.45) is -2.91. The van der Waals surface area contributed by atoms with Gasteiger partial charge in [-0.05, 0) is 12.1 Å². The number of pyridine rings is 1. The molecule has 1 aromatic carbocycles. The smallest absolute Gasteiger partial charge is 0.270 e. The number of carbonyl (C=O) groups excluding carboxylic acids is 1. The highest BCUT2D eigenvalue weighted by Gasteiger charge is 2.51. The number of hydrogen-bond acceptors (Lipinski definition) is 3. The average molecular weight is 294 g/mol. The zero-order valence-electron chi connectivity index (χ0n) is 10.8. The third-order valence-corrected chi connectivity index (χ3v) is 3.59. The summed E-state index contributed by atoms with van der Waals surface area (Å²) in [4.78, 5) is 27.9. The number of hydrogen-bond donors (Lipinski definition) is 2. The van der Waals surface area contributed by atoms with Gasteiger partial charge in [0.15, 0.2) is 11.0 Å². The fraction of sp³-hybridized carbons (Fsp3) is 0.286. The van der Waals surface area contributed by atoms with Crippen LogP contribution in [0.2, 0.25) is 0 Å². The summed E-state index contributed by atoms with van der Waals surface area (Å²) >= 11 is 0. The van der Waals surface area contributed by atoms with E-state index in [1.807, 2.05) is 0 Å². The molecule has 1 fully saturated rings. The summed E-state index contributed by atoms with van der Waals surface area (Å²) in [5.74, 6) is -0.580. The maximum atomic E-state index is 12.5. The van der Waals surface area contributed by atoms with Gasteiger partial charge in [-0.1, -0.05) is 12.1 Å². The molecule has 2 aromatic rings. The second-order valence-electron chi connectivity index (χ2n) is 5.16. The molecule has 0 aliphatic carbocycles. The lowest BCUT2D eigenvalue weighted by atomic mass is 9.94. The Kier molecular flexibility index (Phi) is 3.02. The molecule has 0 bridgehead atoms. The van der Waals surface area contributed by atoms with Crippen LogP contribution in [0.3, 0.4) is 0 Å². The number of rotatable bonds is 2. The summed E-state index contributed by atoms with van der Waals surface area (Å²) in [5.41, 5.74) is -1.95. The molecule has 2 heterocycles. The van der Waals surface area contributed by atoms with Crippen molar-refractivity contribution in [3.63, 3.8) is 0 Å². The van der Waals surface area contributed by atoms with Crippen LogP contribution in [-0.2, 0) is 0 Å². The highest BCUT2D eigenvalue weighted by Crippen LogP contribution is 2.28. The summed E-state index contributed by atoms with van der Waals surface area (Å²) < 4.78 is 25.1. The number of halogens is 2. The normalized spacial score (nSPS) is 17.0. The van der Waals surface area contributed by atoms with Gasteiger partial charge in [0.1, 0.15) is 5.69 Å². The first-order valence-electron chi connectivity index (χ1n) is 6.32. The average Bonchev–Trinajstić information content (AvgIpc) is 2.43. The van der Waals surface area contributed by atoms with E-state index < -0.39 is 31.0 Å². The standard InChI is InChI=1S/C14H12F2N2O3/c15-13(16)14(21)6-18(7-14)12(20)10-5-11(19)8-3-1-2-4-9(8)17-10/h1-5,13,21H,6-7H2,(H,17,19). The van der Waals surface area contributed by atoms with Crippen LogP contribution >= 0.6 is 0 Å². The Morgan fingerprint density at radius 1 is 1.33 bits per heavy atom. The largest absolute Gasteiger partial charge is 0.380 e. The van der Waals surface area contributed by atoms with Crippen LogP contribution in [0.1, 0.15) is 10.5 Å². The van der Waals surface area contributed by atoms with E-state index in [0.717, 1.165) is 11.0 Å². The second kappa shape index (κ2) is 4.63. The number of aromatic amines is 1. The van der Waals surface area contributed by atoms with E-state index in [0.29, 0.717) is 10.9 Å².